The second kappa shape index (κ2) is 7.55. The van der Waals surface area contributed by atoms with Gasteiger partial charge in [-0.1, -0.05) is 0 Å². The van der Waals surface area contributed by atoms with Crippen LogP contribution in [0.2, 0.25) is 0 Å². The van der Waals surface area contributed by atoms with Crippen molar-refractivity contribution in [1.82, 2.24) is 0 Å². The molecule has 0 unspecified atom stereocenters. The van der Waals surface area contributed by atoms with Crippen molar-refractivity contribution in [2.24, 2.45) is 0 Å². The zero-order valence-electron chi connectivity index (χ0n) is 4.16. The van der Waals surface area contributed by atoms with Gasteiger partial charge in [0.1, 0.15) is 0 Å². The molecule has 0 aliphatic rings. The minimum Gasteiger partial charge on any atom is -0.284 e. The van der Waals surface area contributed by atoms with Crippen LogP contribution in [0.3, 0.4) is 0 Å². The normalized spacial score (nSPS) is 9.30. The smallest absolute Gasteiger partial charge is 0.284 e. The van der Waals surface area contributed by atoms with Gasteiger partial charge >= 0.3 is 10.4 Å². The van der Waals surface area contributed by atoms with Crippen molar-refractivity contribution < 1.29 is 47.6 Å². The SMILES string of the molecule is O=S(=O)(O)O.O=S(O)O.[Co]. The molecule has 10 heavy (non-hydrogen) atoms. The standard InChI is InChI=1S/Co.H2O4S.H2O3S/c;1-5(2,3)4;1-4(2)3/h;(H2,1,2,3,4);(H2,1,2,3). The van der Waals surface area contributed by atoms with Crippen LogP contribution in [0.15, 0.2) is 0 Å². The molecule has 0 saturated carbocycles. The van der Waals surface area contributed by atoms with E-state index in [-0.39, 0.29) is 16.8 Å². The van der Waals surface area contributed by atoms with Crippen LogP contribution in [0, 0.1) is 0 Å². The van der Waals surface area contributed by atoms with Gasteiger partial charge < -0.3 is 0 Å². The Morgan fingerprint density at radius 3 is 1.10 bits per heavy atom. The average Bonchev–Trinajstić information content (AvgIpc) is 1.19. The number of hydrogen-bond donors (Lipinski definition) is 4. The molecule has 67 valence electrons. The first-order valence-corrected chi connectivity index (χ1v) is 3.69. The average molecular weight is 239 g/mol. The predicted molar refractivity (Wildman–Crippen MR) is 27.6 cm³/mol. The van der Waals surface area contributed by atoms with E-state index in [0.717, 1.165) is 0 Å². The van der Waals surface area contributed by atoms with Gasteiger partial charge in [-0.15, -0.1) is 0 Å². The molecule has 0 rings (SSSR count). The van der Waals surface area contributed by atoms with E-state index in [2.05, 4.69) is 0 Å². The van der Waals surface area contributed by atoms with Crippen LogP contribution >= 0.6 is 0 Å². The fourth-order valence-electron chi connectivity index (χ4n) is 0. The zero-order valence-corrected chi connectivity index (χ0v) is 6.84. The molecule has 4 N–H and O–H groups in total. The summed E-state index contributed by atoms with van der Waals surface area (Å²) in [5.41, 5.74) is 0. The van der Waals surface area contributed by atoms with Gasteiger partial charge in [0.2, 0.25) is 0 Å². The fraction of sp³-hybridized carbons (Fsp3) is 0. The molecule has 0 aromatic carbocycles. The summed E-state index contributed by atoms with van der Waals surface area (Å²) in [6, 6.07) is 0. The van der Waals surface area contributed by atoms with Crippen LogP contribution in [-0.2, 0) is 38.5 Å². The van der Waals surface area contributed by atoms with Crippen LogP contribution < -0.4 is 0 Å². The quantitative estimate of drug-likeness (QED) is 0.315. The molecule has 0 atom stereocenters. The van der Waals surface area contributed by atoms with E-state index < -0.39 is 21.8 Å². The first-order valence-electron chi connectivity index (χ1n) is 1.23. The zero-order chi connectivity index (χ0) is 8.08. The molecule has 7 nitrogen and oxygen atoms in total. The summed E-state index contributed by atoms with van der Waals surface area (Å²) >= 11 is -2.61. The van der Waals surface area contributed by atoms with Gasteiger partial charge in [0.25, 0.3) is 11.4 Å². The summed E-state index contributed by atoms with van der Waals surface area (Å²) in [4.78, 5) is 0. The van der Waals surface area contributed by atoms with E-state index in [0.29, 0.717) is 0 Å². The number of hydrogen-bond acceptors (Lipinski definition) is 3. The van der Waals surface area contributed by atoms with Crippen molar-refractivity contribution >= 4 is 21.8 Å². The van der Waals surface area contributed by atoms with Gasteiger partial charge in [0.05, 0.1) is 0 Å². The molecule has 10 heteroatoms. The minimum absolute atomic E-state index is 0. The topological polar surface area (TPSA) is 132 Å². The van der Waals surface area contributed by atoms with E-state index >= 15 is 0 Å². The molecule has 0 fully saturated rings. The molecular weight excluding hydrogens is 235 g/mol. The maximum atomic E-state index is 8.74. The summed E-state index contributed by atoms with van der Waals surface area (Å²) in [6.07, 6.45) is 0. The largest absolute Gasteiger partial charge is 0.394 e. The maximum Gasteiger partial charge on any atom is 0.394 e. The van der Waals surface area contributed by atoms with Crippen LogP contribution in [-0.4, -0.2) is 30.8 Å². The number of rotatable bonds is 0. The Bertz CT molecular complexity index is 154. The molecule has 0 aromatic rings. The Balaban J connectivity index is -0.0000000910. The Hall–Kier alpha value is 0.446. The van der Waals surface area contributed by atoms with Gasteiger partial charge in [0, 0.05) is 16.8 Å². The van der Waals surface area contributed by atoms with Crippen molar-refractivity contribution in [3.63, 3.8) is 0 Å². The summed E-state index contributed by atoms with van der Waals surface area (Å²) in [5, 5.41) is 0. The second-order valence-electron chi connectivity index (χ2n) is 0.679. The van der Waals surface area contributed by atoms with Crippen molar-refractivity contribution in [2.45, 2.75) is 0 Å². The van der Waals surface area contributed by atoms with Crippen molar-refractivity contribution in [2.75, 3.05) is 0 Å². The Kier molecular flexibility index (Phi) is 12.7. The van der Waals surface area contributed by atoms with Gasteiger partial charge in [0.15, 0.2) is 0 Å². The Morgan fingerprint density at radius 1 is 1.10 bits per heavy atom. The first-order chi connectivity index (χ1) is 3.73. The summed E-state index contributed by atoms with van der Waals surface area (Å²) < 4.78 is 54.4. The summed E-state index contributed by atoms with van der Waals surface area (Å²) in [5.74, 6) is 0. The van der Waals surface area contributed by atoms with Crippen molar-refractivity contribution in [1.29, 1.82) is 0 Å². The molecule has 0 saturated heterocycles. The van der Waals surface area contributed by atoms with Crippen molar-refractivity contribution in [3.8, 4) is 0 Å². The van der Waals surface area contributed by atoms with E-state index in [1.807, 2.05) is 0 Å². The Morgan fingerprint density at radius 2 is 1.10 bits per heavy atom. The third kappa shape index (κ3) is 2350. The van der Waals surface area contributed by atoms with Crippen LogP contribution in [0.25, 0.3) is 0 Å². The maximum absolute atomic E-state index is 8.74. The first kappa shape index (κ1) is 16.8. The summed E-state index contributed by atoms with van der Waals surface area (Å²) in [6.45, 7) is 0. The van der Waals surface area contributed by atoms with Crippen molar-refractivity contribution in [3.05, 3.63) is 0 Å². The second-order valence-corrected chi connectivity index (χ2v) is 2.04. The van der Waals surface area contributed by atoms with Crippen LogP contribution in [0.1, 0.15) is 0 Å². The monoisotopic (exact) mass is 239 g/mol. The van der Waals surface area contributed by atoms with E-state index in [1.54, 1.807) is 0 Å². The van der Waals surface area contributed by atoms with Gasteiger partial charge in [-0.3, -0.25) is 18.2 Å². The molecule has 0 aromatic heterocycles. The molecule has 0 aliphatic heterocycles. The third-order valence-corrected chi connectivity index (χ3v) is 0. The third-order valence-electron chi connectivity index (χ3n) is 0. The molecule has 0 amide bonds. The molecule has 0 spiro atoms. The van der Waals surface area contributed by atoms with Crippen LogP contribution in [0.4, 0.5) is 0 Å². The van der Waals surface area contributed by atoms with Gasteiger partial charge in [-0.2, -0.15) is 12.6 Å². The van der Waals surface area contributed by atoms with E-state index in [9.17, 15) is 0 Å². The Labute approximate surface area is 69.7 Å². The predicted octanol–water partition coefficient (Wildman–Crippen LogP) is -0.974. The van der Waals surface area contributed by atoms with E-state index in [4.69, 9.17) is 30.8 Å². The summed E-state index contributed by atoms with van der Waals surface area (Å²) in [7, 11) is -4.67. The molecule has 0 bridgehead atoms. The van der Waals surface area contributed by atoms with Gasteiger partial charge in [-0.25, -0.2) is 0 Å². The minimum atomic E-state index is -4.67. The molecule has 0 heterocycles. The van der Waals surface area contributed by atoms with Gasteiger partial charge in [-0.05, 0) is 0 Å². The molecule has 0 aliphatic carbocycles. The molecule has 1 radical (unpaired) electrons. The fourth-order valence-corrected chi connectivity index (χ4v) is 0. The van der Waals surface area contributed by atoms with E-state index in [1.165, 1.54) is 0 Å². The molecular formula is H4CoO7S2. The van der Waals surface area contributed by atoms with Crippen LogP contribution in [0.5, 0.6) is 0 Å².